The van der Waals surface area contributed by atoms with E-state index in [4.69, 9.17) is 4.74 Å². The summed E-state index contributed by atoms with van der Waals surface area (Å²) in [5.74, 6) is 0.978. The normalized spacial score (nSPS) is 13.2. The fourth-order valence-corrected chi connectivity index (χ4v) is 2.56. The SMILES string of the molecule is CCCNC(CCS(C)(=O)=O)c1cccc(OC)c1. The van der Waals surface area contributed by atoms with E-state index in [1.165, 1.54) is 6.26 Å². The standard InChI is InChI=1S/C14H23NO3S/c1-4-9-15-14(8-10-19(3,16)17)12-6-5-7-13(11-12)18-2/h5-7,11,14-15H,4,8-10H2,1-3H3. The Labute approximate surface area is 116 Å². The Morgan fingerprint density at radius 3 is 2.68 bits per heavy atom. The summed E-state index contributed by atoms with van der Waals surface area (Å²) in [5.41, 5.74) is 1.07. The minimum atomic E-state index is -2.94. The second-order valence-electron chi connectivity index (χ2n) is 4.70. The Bertz CT molecular complexity index is 485. The highest BCUT2D eigenvalue weighted by atomic mass is 32.2. The van der Waals surface area contributed by atoms with Gasteiger partial charge in [0.2, 0.25) is 0 Å². The zero-order valence-electron chi connectivity index (χ0n) is 11.8. The number of sulfone groups is 1. The van der Waals surface area contributed by atoms with Crippen LogP contribution in [0.5, 0.6) is 5.75 Å². The zero-order valence-corrected chi connectivity index (χ0v) is 12.7. The molecule has 4 nitrogen and oxygen atoms in total. The lowest BCUT2D eigenvalue weighted by Gasteiger charge is -2.19. The van der Waals surface area contributed by atoms with Crippen molar-refractivity contribution in [2.45, 2.75) is 25.8 Å². The van der Waals surface area contributed by atoms with Crippen molar-refractivity contribution in [3.63, 3.8) is 0 Å². The molecule has 0 aliphatic heterocycles. The van der Waals surface area contributed by atoms with Crippen LogP contribution in [0.1, 0.15) is 31.4 Å². The van der Waals surface area contributed by atoms with Gasteiger partial charge in [0.1, 0.15) is 15.6 Å². The molecule has 19 heavy (non-hydrogen) atoms. The molecule has 1 unspecified atom stereocenters. The summed E-state index contributed by atoms with van der Waals surface area (Å²) < 4.78 is 27.8. The van der Waals surface area contributed by atoms with Crippen LogP contribution in [0.25, 0.3) is 0 Å². The molecule has 0 radical (unpaired) electrons. The third-order valence-corrected chi connectivity index (χ3v) is 3.89. The molecule has 0 heterocycles. The van der Waals surface area contributed by atoms with E-state index < -0.39 is 9.84 Å². The van der Waals surface area contributed by atoms with Gasteiger partial charge in [-0.05, 0) is 37.1 Å². The van der Waals surface area contributed by atoms with Gasteiger partial charge in [-0.25, -0.2) is 8.42 Å². The summed E-state index contributed by atoms with van der Waals surface area (Å²) >= 11 is 0. The lowest BCUT2D eigenvalue weighted by atomic mass is 10.0. The van der Waals surface area contributed by atoms with Crippen molar-refractivity contribution in [3.8, 4) is 5.75 Å². The molecule has 0 bridgehead atoms. The van der Waals surface area contributed by atoms with Crippen molar-refractivity contribution in [2.24, 2.45) is 0 Å². The van der Waals surface area contributed by atoms with Gasteiger partial charge >= 0.3 is 0 Å². The van der Waals surface area contributed by atoms with E-state index in [-0.39, 0.29) is 11.8 Å². The number of hydrogen-bond acceptors (Lipinski definition) is 4. The predicted octanol–water partition coefficient (Wildman–Crippen LogP) is 2.17. The number of ether oxygens (including phenoxy) is 1. The molecule has 1 aromatic carbocycles. The van der Waals surface area contributed by atoms with Crippen LogP contribution in [0.15, 0.2) is 24.3 Å². The van der Waals surface area contributed by atoms with E-state index in [1.54, 1.807) is 7.11 Å². The third-order valence-electron chi connectivity index (χ3n) is 2.91. The van der Waals surface area contributed by atoms with E-state index in [1.807, 2.05) is 24.3 Å². The highest BCUT2D eigenvalue weighted by Crippen LogP contribution is 2.22. The molecule has 1 aromatic rings. The van der Waals surface area contributed by atoms with Crippen LogP contribution >= 0.6 is 0 Å². The molecule has 0 aromatic heterocycles. The van der Waals surface area contributed by atoms with Crippen LogP contribution in [0.3, 0.4) is 0 Å². The molecule has 0 fully saturated rings. The molecule has 0 spiro atoms. The highest BCUT2D eigenvalue weighted by molar-refractivity contribution is 7.90. The Kier molecular flexibility index (Phi) is 6.31. The number of methoxy groups -OCH3 is 1. The summed E-state index contributed by atoms with van der Waals surface area (Å²) in [6.45, 7) is 2.96. The second kappa shape index (κ2) is 7.50. The third kappa shape index (κ3) is 6.07. The number of nitrogens with one attached hydrogen (secondary N) is 1. The van der Waals surface area contributed by atoms with E-state index in [2.05, 4.69) is 12.2 Å². The minimum Gasteiger partial charge on any atom is -0.497 e. The van der Waals surface area contributed by atoms with Crippen LogP contribution in [0.4, 0.5) is 0 Å². The summed E-state index contributed by atoms with van der Waals surface area (Å²) in [4.78, 5) is 0. The molecule has 0 aliphatic carbocycles. The Balaban J connectivity index is 2.82. The van der Waals surface area contributed by atoms with Gasteiger partial charge in [-0.15, -0.1) is 0 Å². The van der Waals surface area contributed by atoms with E-state index >= 15 is 0 Å². The summed E-state index contributed by atoms with van der Waals surface area (Å²) in [6, 6.07) is 7.81. The molecular formula is C14H23NO3S. The van der Waals surface area contributed by atoms with E-state index in [0.717, 1.165) is 24.3 Å². The lowest BCUT2D eigenvalue weighted by molar-refractivity contribution is 0.412. The summed E-state index contributed by atoms with van der Waals surface area (Å²) in [7, 11) is -1.31. The molecule has 0 saturated carbocycles. The van der Waals surface area contributed by atoms with Crippen LogP contribution in [0, 0.1) is 0 Å². The van der Waals surface area contributed by atoms with Crippen LogP contribution in [-0.4, -0.2) is 34.1 Å². The maximum Gasteiger partial charge on any atom is 0.147 e. The topological polar surface area (TPSA) is 55.4 Å². The summed E-state index contributed by atoms with van der Waals surface area (Å²) in [5, 5.41) is 3.39. The quantitative estimate of drug-likeness (QED) is 0.795. The fraction of sp³-hybridized carbons (Fsp3) is 0.571. The second-order valence-corrected chi connectivity index (χ2v) is 6.96. The largest absolute Gasteiger partial charge is 0.497 e. The zero-order chi connectivity index (χ0) is 14.3. The van der Waals surface area contributed by atoms with Crippen molar-refractivity contribution in [1.82, 2.24) is 5.32 Å². The maximum absolute atomic E-state index is 11.3. The number of benzene rings is 1. The Hall–Kier alpha value is -1.07. The van der Waals surface area contributed by atoms with Gasteiger partial charge < -0.3 is 10.1 Å². The van der Waals surface area contributed by atoms with Crippen LogP contribution in [0.2, 0.25) is 0 Å². The Morgan fingerprint density at radius 2 is 2.11 bits per heavy atom. The summed E-state index contributed by atoms with van der Waals surface area (Å²) in [6.07, 6.45) is 2.86. The molecule has 1 rings (SSSR count). The average molecular weight is 285 g/mol. The smallest absolute Gasteiger partial charge is 0.147 e. The maximum atomic E-state index is 11.3. The Morgan fingerprint density at radius 1 is 1.37 bits per heavy atom. The van der Waals surface area contributed by atoms with Gasteiger partial charge in [0.15, 0.2) is 0 Å². The van der Waals surface area contributed by atoms with Gasteiger partial charge in [0.05, 0.1) is 12.9 Å². The molecule has 0 amide bonds. The first-order valence-corrected chi connectivity index (χ1v) is 8.57. The van der Waals surface area contributed by atoms with Crippen LogP contribution < -0.4 is 10.1 Å². The molecule has 0 saturated heterocycles. The molecule has 108 valence electrons. The van der Waals surface area contributed by atoms with Crippen molar-refractivity contribution >= 4 is 9.84 Å². The fourth-order valence-electron chi connectivity index (χ4n) is 1.90. The van der Waals surface area contributed by atoms with Crippen molar-refractivity contribution in [2.75, 3.05) is 25.7 Å². The van der Waals surface area contributed by atoms with Gasteiger partial charge in [0, 0.05) is 12.3 Å². The molecule has 1 atom stereocenters. The lowest BCUT2D eigenvalue weighted by Crippen LogP contribution is -2.24. The minimum absolute atomic E-state index is 0.0461. The van der Waals surface area contributed by atoms with Crippen molar-refractivity contribution in [1.29, 1.82) is 0 Å². The predicted molar refractivity (Wildman–Crippen MR) is 78.4 cm³/mol. The molecule has 5 heteroatoms. The first kappa shape index (κ1) is 16.0. The van der Waals surface area contributed by atoms with Crippen molar-refractivity contribution in [3.05, 3.63) is 29.8 Å². The van der Waals surface area contributed by atoms with Gasteiger partial charge in [0.25, 0.3) is 0 Å². The van der Waals surface area contributed by atoms with E-state index in [0.29, 0.717) is 6.42 Å². The molecule has 1 N–H and O–H groups in total. The van der Waals surface area contributed by atoms with E-state index in [9.17, 15) is 8.42 Å². The number of rotatable bonds is 8. The first-order valence-electron chi connectivity index (χ1n) is 6.51. The van der Waals surface area contributed by atoms with Gasteiger partial charge in [-0.1, -0.05) is 19.1 Å². The monoisotopic (exact) mass is 285 g/mol. The first-order chi connectivity index (χ1) is 8.96. The highest BCUT2D eigenvalue weighted by Gasteiger charge is 2.14. The van der Waals surface area contributed by atoms with Gasteiger partial charge in [-0.2, -0.15) is 0 Å². The number of hydrogen-bond donors (Lipinski definition) is 1. The molecule has 0 aliphatic rings. The average Bonchev–Trinajstić information content (AvgIpc) is 2.38. The van der Waals surface area contributed by atoms with Gasteiger partial charge in [-0.3, -0.25) is 0 Å². The van der Waals surface area contributed by atoms with Crippen molar-refractivity contribution < 1.29 is 13.2 Å². The van der Waals surface area contributed by atoms with Crippen LogP contribution in [-0.2, 0) is 9.84 Å². The molecular weight excluding hydrogens is 262 g/mol.